The van der Waals surface area contributed by atoms with Crippen molar-refractivity contribution in [3.05, 3.63) is 34.9 Å². The highest BCUT2D eigenvalue weighted by Crippen LogP contribution is 2.17. The fourth-order valence-corrected chi connectivity index (χ4v) is 1.96. The van der Waals surface area contributed by atoms with Gasteiger partial charge in [0.2, 0.25) is 0 Å². The van der Waals surface area contributed by atoms with Gasteiger partial charge < -0.3 is 5.11 Å². The Labute approximate surface area is 88.2 Å². The zero-order chi connectivity index (χ0) is 10.8. The first-order valence-electron chi connectivity index (χ1n) is 4.00. The standard InChI is InChI=1S/C9H11ClO3S/c1-14(12,13)6-9(11)7-2-4-8(10)5-3-7/h2-5,9,11H,6H2,1H3. The van der Waals surface area contributed by atoms with E-state index in [0.717, 1.165) is 6.26 Å². The average Bonchev–Trinajstić information content (AvgIpc) is 2.02. The summed E-state index contributed by atoms with van der Waals surface area (Å²) in [7, 11) is -3.16. The Hall–Kier alpha value is -0.580. The predicted molar refractivity (Wildman–Crippen MR) is 56.1 cm³/mol. The molecule has 0 radical (unpaired) electrons. The van der Waals surface area contributed by atoms with Crippen LogP contribution in [-0.2, 0) is 9.84 Å². The van der Waals surface area contributed by atoms with E-state index in [4.69, 9.17) is 11.6 Å². The van der Waals surface area contributed by atoms with Gasteiger partial charge in [-0.25, -0.2) is 8.42 Å². The van der Waals surface area contributed by atoms with Crippen molar-refractivity contribution in [3.63, 3.8) is 0 Å². The number of halogens is 1. The van der Waals surface area contributed by atoms with E-state index >= 15 is 0 Å². The highest BCUT2D eigenvalue weighted by atomic mass is 35.5. The summed E-state index contributed by atoms with van der Waals surface area (Å²) >= 11 is 5.65. The van der Waals surface area contributed by atoms with Crippen molar-refractivity contribution < 1.29 is 13.5 Å². The molecule has 0 bridgehead atoms. The lowest BCUT2D eigenvalue weighted by Crippen LogP contribution is -2.12. The lowest BCUT2D eigenvalue weighted by molar-refractivity contribution is 0.202. The van der Waals surface area contributed by atoms with E-state index in [9.17, 15) is 13.5 Å². The summed E-state index contributed by atoms with van der Waals surface area (Å²) in [6, 6.07) is 6.45. The van der Waals surface area contributed by atoms with Crippen LogP contribution in [0.3, 0.4) is 0 Å². The summed E-state index contributed by atoms with van der Waals surface area (Å²) in [5.41, 5.74) is 0.555. The van der Waals surface area contributed by atoms with Crippen LogP contribution < -0.4 is 0 Å². The summed E-state index contributed by atoms with van der Waals surface area (Å²) in [4.78, 5) is 0. The van der Waals surface area contributed by atoms with E-state index in [0.29, 0.717) is 10.6 Å². The minimum atomic E-state index is -3.16. The molecule has 0 saturated heterocycles. The molecule has 1 aromatic carbocycles. The van der Waals surface area contributed by atoms with Crippen LogP contribution in [0.15, 0.2) is 24.3 Å². The third kappa shape index (κ3) is 3.65. The van der Waals surface area contributed by atoms with E-state index in [-0.39, 0.29) is 5.75 Å². The quantitative estimate of drug-likeness (QED) is 0.861. The van der Waals surface area contributed by atoms with Crippen LogP contribution in [-0.4, -0.2) is 25.5 Å². The first-order valence-corrected chi connectivity index (χ1v) is 6.43. The number of aliphatic hydroxyl groups excluding tert-OH is 1. The van der Waals surface area contributed by atoms with Crippen LogP contribution in [0.5, 0.6) is 0 Å². The maximum absolute atomic E-state index is 10.9. The van der Waals surface area contributed by atoms with Crippen molar-refractivity contribution in [1.29, 1.82) is 0 Å². The summed E-state index contributed by atoms with van der Waals surface area (Å²) < 4.78 is 21.8. The molecular weight excluding hydrogens is 224 g/mol. The molecule has 0 heterocycles. The van der Waals surface area contributed by atoms with Crippen molar-refractivity contribution in [2.45, 2.75) is 6.10 Å². The Kier molecular flexibility index (Phi) is 3.53. The van der Waals surface area contributed by atoms with Crippen LogP contribution in [0.1, 0.15) is 11.7 Å². The maximum atomic E-state index is 10.9. The Morgan fingerprint density at radius 3 is 2.29 bits per heavy atom. The molecular formula is C9H11ClO3S. The first-order chi connectivity index (χ1) is 6.38. The van der Waals surface area contributed by atoms with Crippen molar-refractivity contribution in [2.24, 2.45) is 0 Å². The van der Waals surface area contributed by atoms with E-state index in [2.05, 4.69) is 0 Å². The molecule has 1 rings (SSSR count). The molecule has 14 heavy (non-hydrogen) atoms. The zero-order valence-electron chi connectivity index (χ0n) is 7.64. The zero-order valence-corrected chi connectivity index (χ0v) is 9.22. The Balaban J connectivity index is 2.80. The van der Waals surface area contributed by atoms with Gasteiger partial charge in [0.15, 0.2) is 0 Å². The van der Waals surface area contributed by atoms with Gasteiger partial charge in [0.1, 0.15) is 9.84 Å². The molecule has 1 atom stereocenters. The summed E-state index contributed by atoms with van der Waals surface area (Å²) in [6.45, 7) is 0. The van der Waals surface area contributed by atoms with Gasteiger partial charge in [0, 0.05) is 11.3 Å². The van der Waals surface area contributed by atoms with Gasteiger partial charge in [-0.05, 0) is 17.7 Å². The second kappa shape index (κ2) is 4.29. The van der Waals surface area contributed by atoms with E-state index < -0.39 is 15.9 Å². The minimum absolute atomic E-state index is 0.269. The fraction of sp³-hybridized carbons (Fsp3) is 0.333. The SMILES string of the molecule is CS(=O)(=O)CC(O)c1ccc(Cl)cc1. The Bertz CT molecular complexity index is 397. The van der Waals surface area contributed by atoms with E-state index in [1.54, 1.807) is 24.3 Å². The Morgan fingerprint density at radius 1 is 1.36 bits per heavy atom. The molecule has 0 aliphatic heterocycles. The Morgan fingerprint density at radius 2 is 1.86 bits per heavy atom. The van der Waals surface area contributed by atoms with Gasteiger partial charge in [0.05, 0.1) is 11.9 Å². The van der Waals surface area contributed by atoms with Crippen LogP contribution in [0.25, 0.3) is 0 Å². The molecule has 1 unspecified atom stereocenters. The highest BCUT2D eigenvalue weighted by Gasteiger charge is 2.13. The maximum Gasteiger partial charge on any atom is 0.150 e. The normalized spacial score (nSPS) is 13.9. The van der Waals surface area contributed by atoms with Gasteiger partial charge in [-0.1, -0.05) is 23.7 Å². The third-order valence-corrected chi connectivity index (χ3v) is 2.89. The number of rotatable bonds is 3. The van der Waals surface area contributed by atoms with Gasteiger partial charge in [0.25, 0.3) is 0 Å². The number of benzene rings is 1. The summed E-state index contributed by atoms with van der Waals surface area (Å²) in [6.07, 6.45) is 0.105. The van der Waals surface area contributed by atoms with Crippen molar-refractivity contribution in [3.8, 4) is 0 Å². The van der Waals surface area contributed by atoms with Crippen molar-refractivity contribution >= 4 is 21.4 Å². The second-order valence-corrected chi connectivity index (χ2v) is 5.78. The first kappa shape index (κ1) is 11.5. The van der Waals surface area contributed by atoms with Crippen LogP contribution >= 0.6 is 11.6 Å². The number of hydrogen-bond acceptors (Lipinski definition) is 3. The van der Waals surface area contributed by atoms with Crippen LogP contribution in [0, 0.1) is 0 Å². The lowest BCUT2D eigenvalue weighted by atomic mass is 10.1. The van der Waals surface area contributed by atoms with E-state index in [1.807, 2.05) is 0 Å². The largest absolute Gasteiger partial charge is 0.387 e. The van der Waals surface area contributed by atoms with Crippen molar-refractivity contribution in [2.75, 3.05) is 12.0 Å². The second-order valence-electron chi connectivity index (χ2n) is 3.16. The molecule has 1 N–H and O–H groups in total. The number of aliphatic hydroxyl groups is 1. The summed E-state index contributed by atoms with van der Waals surface area (Å²) in [5, 5.41) is 10.1. The van der Waals surface area contributed by atoms with Crippen LogP contribution in [0.2, 0.25) is 5.02 Å². The molecule has 0 fully saturated rings. The topological polar surface area (TPSA) is 54.4 Å². The molecule has 0 aliphatic carbocycles. The molecule has 0 spiro atoms. The van der Waals surface area contributed by atoms with Crippen LogP contribution in [0.4, 0.5) is 0 Å². The molecule has 78 valence electrons. The fourth-order valence-electron chi connectivity index (χ4n) is 1.07. The molecule has 0 aliphatic rings. The highest BCUT2D eigenvalue weighted by molar-refractivity contribution is 7.90. The van der Waals surface area contributed by atoms with Gasteiger partial charge >= 0.3 is 0 Å². The molecule has 0 amide bonds. The molecule has 5 heteroatoms. The van der Waals surface area contributed by atoms with E-state index in [1.165, 1.54) is 0 Å². The monoisotopic (exact) mass is 234 g/mol. The number of hydrogen-bond donors (Lipinski definition) is 1. The predicted octanol–water partition coefficient (Wildman–Crippen LogP) is 1.42. The number of sulfone groups is 1. The third-order valence-electron chi connectivity index (χ3n) is 1.72. The van der Waals surface area contributed by atoms with Crippen molar-refractivity contribution in [1.82, 2.24) is 0 Å². The molecule has 0 aromatic heterocycles. The smallest absolute Gasteiger partial charge is 0.150 e. The molecule has 3 nitrogen and oxygen atoms in total. The molecule has 1 aromatic rings. The minimum Gasteiger partial charge on any atom is -0.387 e. The van der Waals surface area contributed by atoms with Gasteiger partial charge in [-0.2, -0.15) is 0 Å². The molecule has 0 saturated carbocycles. The average molecular weight is 235 g/mol. The van der Waals surface area contributed by atoms with Gasteiger partial charge in [-0.15, -0.1) is 0 Å². The lowest BCUT2D eigenvalue weighted by Gasteiger charge is -2.09. The summed E-state index contributed by atoms with van der Waals surface area (Å²) in [5.74, 6) is -0.269. The van der Waals surface area contributed by atoms with Gasteiger partial charge in [-0.3, -0.25) is 0 Å².